The number of carbonyl (C=O) groups excluding carboxylic acids is 1. The number of hydrogen-bond acceptors (Lipinski definition) is 3. The van der Waals surface area contributed by atoms with E-state index in [4.69, 9.17) is 0 Å². The highest BCUT2D eigenvalue weighted by Crippen LogP contribution is 1.82. The van der Waals surface area contributed by atoms with Gasteiger partial charge in [-0.3, -0.25) is 0 Å². The summed E-state index contributed by atoms with van der Waals surface area (Å²) in [4.78, 5) is 10.0. The van der Waals surface area contributed by atoms with Gasteiger partial charge in [-0.1, -0.05) is 0 Å². The maximum absolute atomic E-state index is 10.0. The summed E-state index contributed by atoms with van der Waals surface area (Å²) < 4.78 is 8.11. The molecule has 3 nitrogen and oxygen atoms in total. The Hall–Kier alpha value is -1.61. The van der Waals surface area contributed by atoms with Gasteiger partial charge in [0.25, 0.3) is 0 Å². The molecule has 1 aliphatic rings. The number of rotatable bonds is 0. The second-order valence-corrected chi connectivity index (χ2v) is 0.908. The molecule has 8 heavy (non-hydrogen) atoms. The molecular weight excluding hydrogens is 108 g/mol. The molecule has 38 valence electrons. The molecule has 0 aliphatic carbocycles. The summed E-state index contributed by atoms with van der Waals surface area (Å²) in [6, 6.07) is 0. The normalized spacial score (nSPS) is 12.8. The summed E-state index contributed by atoms with van der Waals surface area (Å²) in [5.41, 5.74) is 0. The van der Waals surface area contributed by atoms with Gasteiger partial charge in [0.05, 0.1) is 0 Å². The van der Waals surface area contributed by atoms with Gasteiger partial charge in [-0.2, -0.15) is 0 Å². The SMILES string of the molecule is O=C1OC#CC#CO1. The van der Waals surface area contributed by atoms with Gasteiger partial charge in [0.2, 0.25) is 0 Å². The third-order valence-corrected chi connectivity index (χ3v) is 0.433. The summed E-state index contributed by atoms with van der Waals surface area (Å²) in [6.07, 6.45) is 3.12. The molecule has 0 unspecified atom stereocenters. The number of ether oxygens (including phenoxy) is 2. The van der Waals surface area contributed by atoms with Crippen LogP contribution in [-0.2, 0) is 9.47 Å². The third-order valence-electron chi connectivity index (χ3n) is 0.433. The quantitative estimate of drug-likeness (QED) is 0.325. The van der Waals surface area contributed by atoms with E-state index in [2.05, 4.69) is 21.3 Å². The first kappa shape index (κ1) is 4.55. The van der Waals surface area contributed by atoms with Crippen molar-refractivity contribution in [2.24, 2.45) is 0 Å². The third kappa shape index (κ3) is 0.924. The van der Waals surface area contributed by atoms with Crippen LogP contribution in [0.2, 0.25) is 0 Å². The zero-order valence-electron chi connectivity index (χ0n) is 3.72. The molecule has 0 aromatic carbocycles. The van der Waals surface area contributed by atoms with Crippen molar-refractivity contribution < 1.29 is 14.3 Å². The smallest absolute Gasteiger partial charge is 0.339 e. The van der Waals surface area contributed by atoms with Gasteiger partial charge in [-0.05, 0) is 0 Å². The highest BCUT2D eigenvalue weighted by Gasteiger charge is 1.98. The monoisotopic (exact) mass is 108 g/mol. The van der Waals surface area contributed by atoms with Crippen LogP contribution in [-0.4, -0.2) is 6.16 Å². The van der Waals surface area contributed by atoms with Crippen LogP contribution in [0.3, 0.4) is 0 Å². The first-order chi connectivity index (χ1) is 3.89. The van der Waals surface area contributed by atoms with E-state index >= 15 is 0 Å². The minimum Gasteiger partial charge on any atom is -0.339 e. The Kier molecular flexibility index (Phi) is 1.08. The minimum absolute atomic E-state index is 0.873. The number of cyclic esters (lactones) is 2. The van der Waals surface area contributed by atoms with E-state index < -0.39 is 6.16 Å². The maximum atomic E-state index is 10.0. The fourth-order valence-corrected chi connectivity index (χ4v) is 0.206. The van der Waals surface area contributed by atoms with Gasteiger partial charge < -0.3 is 9.47 Å². The molecule has 0 fully saturated rings. The van der Waals surface area contributed by atoms with Gasteiger partial charge in [0, 0.05) is 11.8 Å². The first-order valence-electron chi connectivity index (χ1n) is 1.77. The predicted molar refractivity (Wildman–Crippen MR) is 23.1 cm³/mol. The molecule has 1 aliphatic heterocycles. The van der Waals surface area contributed by atoms with Crippen molar-refractivity contribution in [2.75, 3.05) is 0 Å². The van der Waals surface area contributed by atoms with Crippen LogP contribution in [0.15, 0.2) is 0 Å². The Morgan fingerprint density at radius 2 is 1.62 bits per heavy atom. The van der Waals surface area contributed by atoms with E-state index in [1.165, 1.54) is 0 Å². The Balaban J connectivity index is 2.74. The fraction of sp³-hybridized carbons (Fsp3) is 0. The van der Waals surface area contributed by atoms with E-state index in [1.807, 2.05) is 12.2 Å². The van der Waals surface area contributed by atoms with Crippen LogP contribution in [0.5, 0.6) is 0 Å². The van der Waals surface area contributed by atoms with E-state index in [0.717, 1.165) is 0 Å². The lowest BCUT2D eigenvalue weighted by molar-refractivity contribution is 0.133. The summed E-state index contributed by atoms with van der Waals surface area (Å²) in [5, 5.41) is 0. The van der Waals surface area contributed by atoms with Crippen LogP contribution in [0.4, 0.5) is 4.79 Å². The lowest BCUT2D eigenvalue weighted by atomic mass is 10.7. The molecule has 0 saturated heterocycles. The number of hydrogen-bond donors (Lipinski definition) is 0. The van der Waals surface area contributed by atoms with E-state index in [-0.39, 0.29) is 0 Å². The highest BCUT2D eigenvalue weighted by molar-refractivity contribution is 5.63. The summed E-state index contributed by atoms with van der Waals surface area (Å²) >= 11 is 0. The summed E-state index contributed by atoms with van der Waals surface area (Å²) in [6.45, 7) is 0. The molecule has 1 heterocycles. The van der Waals surface area contributed by atoms with Gasteiger partial charge >= 0.3 is 6.16 Å². The molecule has 0 spiro atoms. The Bertz CT molecular complexity index is 196. The lowest BCUT2D eigenvalue weighted by Gasteiger charge is -1.84. The molecule has 0 N–H and O–H groups in total. The van der Waals surface area contributed by atoms with Crippen molar-refractivity contribution >= 4 is 6.16 Å². The molecular formula is C5O3. The van der Waals surface area contributed by atoms with E-state index in [9.17, 15) is 4.79 Å². The molecule has 0 aromatic rings. The summed E-state index contributed by atoms with van der Waals surface area (Å²) in [5.74, 6) is 4.40. The Labute approximate surface area is 45.6 Å². The van der Waals surface area contributed by atoms with Crippen LogP contribution in [0.1, 0.15) is 0 Å². The standard InChI is InChI=1S/C5O3/c6-5-7-3-1-2-4-8-5. The topological polar surface area (TPSA) is 35.5 Å². The van der Waals surface area contributed by atoms with Crippen molar-refractivity contribution in [1.82, 2.24) is 0 Å². The zero-order valence-corrected chi connectivity index (χ0v) is 3.72. The Morgan fingerprint density at radius 3 is 2.12 bits per heavy atom. The van der Waals surface area contributed by atoms with Crippen LogP contribution in [0.25, 0.3) is 0 Å². The second-order valence-electron chi connectivity index (χ2n) is 0.908. The zero-order chi connectivity index (χ0) is 5.82. The van der Waals surface area contributed by atoms with Gasteiger partial charge in [-0.25, -0.2) is 4.79 Å². The first-order valence-corrected chi connectivity index (χ1v) is 1.77. The van der Waals surface area contributed by atoms with Gasteiger partial charge in [0.15, 0.2) is 0 Å². The lowest BCUT2D eigenvalue weighted by Crippen LogP contribution is -1.96. The van der Waals surface area contributed by atoms with Crippen molar-refractivity contribution in [1.29, 1.82) is 0 Å². The molecule has 0 radical (unpaired) electrons. The molecule has 0 saturated carbocycles. The maximum Gasteiger partial charge on any atom is 0.537 e. The van der Waals surface area contributed by atoms with Crippen LogP contribution < -0.4 is 0 Å². The second kappa shape index (κ2) is 1.90. The average molecular weight is 108 g/mol. The van der Waals surface area contributed by atoms with E-state index in [1.54, 1.807) is 0 Å². The molecule has 0 bridgehead atoms. The molecule has 1 rings (SSSR count). The van der Waals surface area contributed by atoms with Gasteiger partial charge in [-0.15, -0.1) is 0 Å². The number of carbonyl (C=O) groups is 1. The van der Waals surface area contributed by atoms with Crippen LogP contribution >= 0.6 is 0 Å². The van der Waals surface area contributed by atoms with E-state index in [0.29, 0.717) is 0 Å². The van der Waals surface area contributed by atoms with Crippen molar-refractivity contribution in [2.45, 2.75) is 0 Å². The van der Waals surface area contributed by atoms with Crippen molar-refractivity contribution in [3.05, 3.63) is 0 Å². The summed E-state index contributed by atoms with van der Waals surface area (Å²) in [7, 11) is 0. The minimum atomic E-state index is -0.873. The molecule has 3 heteroatoms. The van der Waals surface area contributed by atoms with Crippen LogP contribution in [0, 0.1) is 24.1 Å². The molecule has 0 atom stereocenters. The van der Waals surface area contributed by atoms with Crippen molar-refractivity contribution in [3.8, 4) is 24.1 Å². The molecule has 0 aromatic heterocycles. The predicted octanol–water partition coefficient (Wildman–Crippen LogP) is 0.0750. The Morgan fingerprint density at radius 1 is 1.12 bits per heavy atom. The average Bonchev–Trinajstić information content (AvgIpc) is 1.94. The van der Waals surface area contributed by atoms with Crippen molar-refractivity contribution in [3.63, 3.8) is 0 Å². The van der Waals surface area contributed by atoms with Gasteiger partial charge in [0.1, 0.15) is 12.2 Å². The molecule has 0 amide bonds. The fourth-order valence-electron chi connectivity index (χ4n) is 0.206. The largest absolute Gasteiger partial charge is 0.537 e. The highest BCUT2D eigenvalue weighted by atomic mass is 16.7.